The van der Waals surface area contributed by atoms with Crippen LogP contribution >= 0.6 is 11.3 Å². The van der Waals surface area contributed by atoms with Crippen LogP contribution in [-0.2, 0) is 21.4 Å². The number of hydrogen-bond acceptors (Lipinski definition) is 12. The SMILES string of the molecule is O=C(NCc1ccc(OC(F)(F)F)cc1)[C@H]1CN(c2nc3nc(O)nc(O)c3s2)CCN1S(=O)(=O)c1ccc(OC(F)(F)F)cc1. The van der Waals surface area contributed by atoms with Crippen LogP contribution in [0.1, 0.15) is 5.56 Å². The Hall–Kier alpha value is -4.63. The van der Waals surface area contributed by atoms with Crippen LogP contribution in [0, 0.1) is 0 Å². The number of aromatic hydroxyl groups is 2. The first-order chi connectivity index (χ1) is 21.5. The van der Waals surface area contributed by atoms with E-state index in [1.165, 1.54) is 17.0 Å². The van der Waals surface area contributed by atoms with Crippen LogP contribution in [0.25, 0.3) is 10.3 Å². The van der Waals surface area contributed by atoms with Crippen LogP contribution in [0.3, 0.4) is 0 Å². The lowest BCUT2D eigenvalue weighted by Gasteiger charge is -2.39. The van der Waals surface area contributed by atoms with Crippen LogP contribution in [-0.4, -0.2) is 82.2 Å². The van der Waals surface area contributed by atoms with Gasteiger partial charge in [-0.2, -0.15) is 19.3 Å². The van der Waals surface area contributed by atoms with Crippen molar-refractivity contribution < 1.29 is 59.2 Å². The number of ether oxygens (including phenoxy) is 2. The first kappa shape index (κ1) is 32.8. The Labute approximate surface area is 258 Å². The molecule has 1 fully saturated rings. The monoisotopic (exact) mass is 694 g/mol. The third kappa shape index (κ3) is 7.59. The molecule has 4 aromatic rings. The summed E-state index contributed by atoms with van der Waals surface area (Å²) < 4.78 is 111. The first-order valence-corrected chi connectivity index (χ1v) is 15.1. The Bertz CT molecular complexity index is 1840. The highest BCUT2D eigenvalue weighted by Crippen LogP contribution is 2.35. The summed E-state index contributed by atoms with van der Waals surface area (Å²) in [5.74, 6) is -2.52. The molecule has 0 bridgehead atoms. The minimum absolute atomic E-state index is 0.0288. The van der Waals surface area contributed by atoms with Crippen molar-refractivity contribution in [1.82, 2.24) is 24.6 Å². The van der Waals surface area contributed by atoms with Crippen molar-refractivity contribution in [3.05, 3.63) is 54.1 Å². The number of fused-ring (bicyclic) bond motifs is 1. The molecule has 1 aliphatic heterocycles. The molecule has 0 radical (unpaired) electrons. The van der Waals surface area contributed by atoms with Crippen molar-refractivity contribution in [2.75, 3.05) is 24.5 Å². The number of rotatable bonds is 8. The molecular formula is C25H20F6N6O7S2. The molecule has 1 aliphatic rings. The molecule has 5 rings (SSSR count). The second kappa shape index (κ2) is 12.3. The third-order valence-electron chi connectivity index (χ3n) is 6.40. The number of nitrogens with zero attached hydrogens (tertiary/aromatic N) is 5. The quantitative estimate of drug-likeness (QED) is 0.231. The number of nitrogens with one attached hydrogen (secondary N) is 1. The van der Waals surface area contributed by atoms with E-state index in [1.54, 1.807) is 0 Å². The number of anilines is 1. The van der Waals surface area contributed by atoms with Gasteiger partial charge in [-0.15, -0.1) is 26.3 Å². The highest BCUT2D eigenvalue weighted by molar-refractivity contribution is 7.89. The van der Waals surface area contributed by atoms with Crippen LogP contribution < -0.4 is 19.7 Å². The number of benzene rings is 2. The lowest BCUT2D eigenvalue weighted by atomic mass is 10.1. The summed E-state index contributed by atoms with van der Waals surface area (Å²) in [5.41, 5.74) is 0.297. The van der Waals surface area contributed by atoms with Gasteiger partial charge >= 0.3 is 18.7 Å². The van der Waals surface area contributed by atoms with E-state index in [1.807, 2.05) is 0 Å². The molecule has 1 saturated heterocycles. The topological polar surface area (TPSA) is 167 Å². The zero-order valence-electron chi connectivity index (χ0n) is 22.8. The normalized spacial score (nSPS) is 16.4. The van der Waals surface area contributed by atoms with Crippen LogP contribution in [0.4, 0.5) is 31.5 Å². The predicted molar refractivity (Wildman–Crippen MR) is 147 cm³/mol. The van der Waals surface area contributed by atoms with Crippen molar-refractivity contribution in [2.24, 2.45) is 0 Å². The van der Waals surface area contributed by atoms with E-state index in [0.717, 1.165) is 52.0 Å². The molecule has 13 nitrogen and oxygen atoms in total. The predicted octanol–water partition coefficient (Wildman–Crippen LogP) is 3.49. The molecule has 3 N–H and O–H groups in total. The molecule has 2 aromatic carbocycles. The molecule has 2 aromatic heterocycles. The molecule has 0 unspecified atom stereocenters. The zero-order valence-corrected chi connectivity index (χ0v) is 24.4. The second-order valence-corrected chi connectivity index (χ2v) is 12.4. The highest BCUT2D eigenvalue weighted by atomic mass is 32.2. The summed E-state index contributed by atoms with van der Waals surface area (Å²) in [4.78, 5) is 26.0. The highest BCUT2D eigenvalue weighted by Gasteiger charge is 2.41. The Morgan fingerprint density at radius 3 is 2.09 bits per heavy atom. The number of thiazole rings is 1. The number of carbonyl (C=O) groups excluding carboxylic acids is 1. The Balaban J connectivity index is 1.40. The van der Waals surface area contributed by atoms with Crippen LogP contribution in [0.5, 0.6) is 23.4 Å². The van der Waals surface area contributed by atoms with Gasteiger partial charge in [0.2, 0.25) is 21.8 Å². The summed E-state index contributed by atoms with van der Waals surface area (Å²) in [6.45, 7) is -0.843. The molecule has 0 saturated carbocycles. The molecular weight excluding hydrogens is 674 g/mol. The number of halogens is 6. The fraction of sp³-hybridized carbons (Fsp3) is 0.280. The lowest BCUT2D eigenvalue weighted by Crippen LogP contribution is -2.60. The number of amides is 1. The molecule has 246 valence electrons. The number of sulfonamides is 1. The minimum Gasteiger partial charge on any atom is -0.492 e. The number of aromatic nitrogens is 3. The van der Waals surface area contributed by atoms with Gasteiger partial charge in [0.05, 0.1) is 4.90 Å². The molecule has 0 spiro atoms. The first-order valence-electron chi connectivity index (χ1n) is 12.8. The van der Waals surface area contributed by atoms with Gasteiger partial charge in [0, 0.05) is 26.2 Å². The van der Waals surface area contributed by atoms with Gasteiger partial charge < -0.3 is 29.9 Å². The van der Waals surface area contributed by atoms with Crippen molar-refractivity contribution in [3.63, 3.8) is 0 Å². The molecule has 21 heteroatoms. The number of hydrogen-bond donors (Lipinski definition) is 3. The van der Waals surface area contributed by atoms with E-state index >= 15 is 0 Å². The second-order valence-electron chi connectivity index (χ2n) is 9.50. The van der Waals surface area contributed by atoms with Gasteiger partial charge in [-0.25, -0.2) is 8.42 Å². The molecule has 46 heavy (non-hydrogen) atoms. The largest absolute Gasteiger partial charge is 0.573 e. The van der Waals surface area contributed by atoms with Gasteiger partial charge in [0.15, 0.2) is 10.8 Å². The Morgan fingerprint density at radius 2 is 1.50 bits per heavy atom. The zero-order chi connectivity index (χ0) is 33.4. The van der Waals surface area contributed by atoms with Gasteiger partial charge in [-0.05, 0) is 42.0 Å². The summed E-state index contributed by atoms with van der Waals surface area (Å²) in [5, 5.41) is 22.4. The summed E-state index contributed by atoms with van der Waals surface area (Å²) in [6.07, 6.45) is -9.91. The fourth-order valence-electron chi connectivity index (χ4n) is 4.43. The van der Waals surface area contributed by atoms with Crippen LogP contribution in [0.15, 0.2) is 53.4 Å². The molecule has 3 heterocycles. The third-order valence-corrected chi connectivity index (χ3v) is 9.43. The Morgan fingerprint density at radius 1 is 0.913 bits per heavy atom. The van der Waals surface area contributed by atoms with Gasteiger partial charge in [0.1, 0.15) is 22.2 Å². The lowest BCUT2D eigenvalue weighted by molar-refractivity contribution is -0.275. The van der Waals surface area contributed by atoms with E-state index in [2.05, 4.69) is 29.7 Å². The van der Waals surface area contributed by atoms with E-state index in [0.29, 0.717) is 5.56 Å². The van der Waals surface area contributed by atoms with Gasteiger partial charge in [-0.1, -0.05) is 23.5 Å². The van der Waals surface area contributed by atoms with Crippen molar-refractivity contribution in [3.8, 4) is 23.4 Å². The molecule has 1 atom stereocenters. The Kier molecular flexibility index (Phi) is 8.75. The molecule has 1 amide bonds. The average Bonchev–Trinajstić information content (AvgIpc) is 3.39. The van der Waals surface area contributed by atoms with E-state index < -0.39 is 63.0 Å². The number of carbonyl (C=O) groups is 1. The average molecular weight is 695 g/mol. The van der Waals surface area contributed by atoms with Crippen molar-refractivity contribution >= 4 is 42.7 Å². The maximum Gasteiger partial charge on any atom is 0.573 e. The minimum atomic E-state index is -5.01. The van der Waals surface area contributed by atoms with Gasteiger partial charge in [0.25, 0.3) is 0 Å². The van der Waals surface area contributed by atoms with E-state index in [-0.39, 0.29) is 41.7 Å². The number of alkyl halides is 6. The van der Waals surface area contributed by atoms with Crippen LogP contribution in [0.2, 0.25) is 0 Å². The standard InChI is InChI=1S/C25H20F6N6O7S2/c26-24(27,28)43-14-3-1-13(2-4-14)11-32-20(38)17-12-36(23-34-19-18(45-23)21(39)35-22(40)33-19)9-10-37(17)46(41,42)16-7-5-15(6-8-16)44-25(29,30)31/h1-8,17H,9-12H2,(H,32,38)(H2,33,35,39,40)/t17-/m1/s1. The smallest absolute Gasteiger partial charge is 0.492 e. The van der Waals surface area contributed by atoms with Crippen molar-refractivity contribution in [2.45, 2.75) is 30.2 Å². The summed E-state index contributed by atoms with van der Waals surface area (Å²) >= 11 is 0.911. The van der Waals surface area contributed by atoms with E-state index in [9.17, 15) is 49.8 Å². The number of piperazine rings is 1. The summed E-state index contributed by atoms with van der Waals surface area (Å²) in [6, 6.07) is 5.80. The molecule has 0 aliphatic carbocycles. The fourth-order valence-corrected chi connectivity index (χ4v) is 6.93. The van der Waals surface area contributed by atoms with Gasteiger partial charge in [-0.3, -0.25) is 4.79 Å². The van der Waals surface area contributed by atoms with Crippen molar-refractivity contribution in [1.29, 1.82) is 0 Å². The summed E-state index contributed by atoms with van der Waals surface area (Å²) in [7, 11) is -4.49. The van der Waals surface area contributed by atoms with E-state index in [4.69, 9.17) is 0 Å². The maximum absolute atomic E-state index is 13.7. The maximum atomic E-state index is 13.7.